The molecule has 0 N–H and O–H groups in total. The Morgan fingerprint density at radius 2 is 1.39 bits per heavy atom. The van der Waals surface area contributed by atoms with Crippen LogP contribution in [0.4, 0.5) is 0 Å². The monoisotopic (exact) mass is 335 g/mol. The number of benzene rings is 2. The summed E-state index contributed by atoms with van der Waals surface area (Å²) in [5, 5.41) is 9.19. The van der Waals surface area contributed by atoms with E-state index in [1.165, 1.54) is 17.1 Å². The summed E-state index contributed by atoms with van der Waals surface area (Å²) in [5.41, 5.74) is 6.57. The van der Waals surface area contributed by atoms with Crippen LogP contribution in [0.3, 0.4) is 0 Å². The molecule has 4 aromatic rings. The fourth-order valence-electron chi connectivity index (χ4n) is 2.34. The smallest absolute Gasteiger partial charge is 0.124 e. The molecule has 0 saturated heterocycles. The first-order chi connectivity index (χ1) is 11.3. The van der Waals surface area contributed by atoms with E-state index in [-0.39, 0.29) is 0 Å². The summed E-state index contributed by atoms with van der Waals surface area (Å²) in [5.74, 6) is 0. The minimum absolute atomic E-state index is 0.918. The average Bonchev–Trinajstić information content (AvgIpc) is 3.28. The summed E-state index contributed by atoms with van der Waals surface area (Å²) in [6.07, 6.45) is 0. The Kier molecular flexibility index (Phi) is 3.73. The molecule has 2 aromatic carbocycles. The number of hydrogen-bond acceptors (Lipinski definition) is 5. The molecule has 0 aliphatic heterocycles. The highest BCUT2D eigenvalue weighted by Crippen LogP contribution is 2.30. The normalized spacial score (nSPS) is 10.8. The van der Waals surface area contributed by atoms with Gasteiger partial charge in [-0.05, 0) is 18.5 Å². The first kappa shape index (κ1) is 14.2. The Balaban J connectivity index is 1.62. The Bertz CT molecular complexity index is 908. The molecule has 0 saturated carbocycles. The molecule has 4 rings (SSSR count). The molecule has 0 radical (unpaired) electrons. The van der Waals surface area contributed by atoms with E-state index in [0.29, 0.717) is 0 Å². The summed E-state index contributed by atoms with van der Waals surface area (Å²) in [6.45, 7) is 2.09. The fraction of sp³-hybridized carbons (Fsp3) is 0.0556. The lowest BCUT2D eigenvalue weighted by Gasteiger charge is -1.99. The molecule has 0 amide bonds. The number of hydrogen-bond donors (Lipinski definition) is 0. The number of rotatable bonds is 3. The maximum atomic E-state index is 4.77. The molecular formula is C18H13N3S2. The van der Waals surface area contributed by atoms with Crippen molar-refractivity contribution in [3.63, 3.8) is 0 Å². The van der Waals surface area contributed by atoms with Gasteiger partial charge in [-0.2, -0.15) is 0 Å². The van der Waals surface area contributed by atoms with E-state index in [1.807, 2.05) is 5.38 Å². The molecule has 23 heavy (non-hydrogen) atoms. The number of aryl methyl sites for hydroxylation is 1. The van der Waals surface area contributed by atoms with Gasteiger partial charge in [0.05, 0.1) is 5.69 Å². The van der Waals surface area contributed by atoms with Crippen LogP contribution in [0.1, 0.15) is 5.56 Å². The van der Waals surface area contributed by atoms with Gasteiger partial charge in [-0.15, -0.1) is 16.4 Å². The Morgan fingerprint density at radius 3 is 2.09 bits per heavy atom. The molecule has 5 heteroatoms. The second-order valence-corrected chi connectivity index (χ2v) is 6.74. The van der Waals surface area contributed by atoms with Gasteiger partial charge in [0.25, 0.3) is 0 Å². The predicted molar refractivity (Wildman–Crippen MR) is 96.6 cm³/mol. The second-order valence-electron chi connectivity index (χ2n) is 5.27. The minimum atomic E-state index is 0.918. The van der Waals surface area contributed by atoms with Gasteiger partial charge in [-0.1, -0.05) is 58.6 Å². The minimum Gasteiger partial charge on any atom is -0.236 e. The van der Waals surface area contributed by atoms with Crippen molar-refractivity contribution in [3.8, 4) is 33.1 Å². The predicted octanol–water partition coefficient (Wildman–Crippen LogP) is 5.30. The zero-order chi connectivity index (χ0) is 15.6. The fourth-order valence-corrected chi connectivity index (χ4v) is 3.64. The van der Waals surface area contributed by atoms with Gasteiger partial charge in [-0.3, -0.25) is 0 Å². The third kappa shape index (κ3) is 2.93. The quantitative estimate of drug-likeness (QED) is 0.509. The summed E-state index contributed by atoms with van der Waals surface area (Å²) >= 11 is 3.03. The van der Waals surface area contributed by atoms with Crippen LogP contribution in [0, 0.1) is 6.92 Å². The van der Waals surface area contributed by atoms with Crippen molar-refractivity contribution in [2.75, 3.05) is 0 Å². The molecule has 0 bridgehead atoms. The van der Waals surface area contributed by atoms with Crippen LogP contribution in [0.5, 0.6) is 0 Å². The van der Waals surface area contributed by atoms with E-state index in [0.717, 1.165) is 33.1 Å². The van der Waals surface area contributed by atoms with Gasteiger partial charge >= 0.3 is 0 Å². The van der Waals surface area contributed by atoms with Crippen LogP contribution in [-0.4, -0.2) is 14.6 Å². The number of aromatic nitrogens is 3. The van der Waals surface area contributed by atoms with Crippen LogP contribution in [-0.2, 0) is 0 Å². The van der Waals surface area contributed by atoms with Gasteiger partial charge in [0.15, 0.2) is 0 Å². The topological polar surface area (TPSA) is 38.7 Å². The molecular weight excluding hydrogens is 322 g/mol. The van der Waals surface area contributed by atoms with Crippen molar-refractivity contribution in [2.24, 2.45) is 0 Å². The van der Waals surface area contributed by atoms with Crippen LogP contribution in [0.25, 0.3) is 33.1 Å². The van der Waals surface area contributed by atoms with Gasteiger partial charge in [0.2, 0.25) is 0 Å². The molecule has 2 heterocycles. The third-order valence-corrected chi connectivity index (χ3v) is 5.04. The molecule has 0 spiro atoms. The highest BCUT2D eigenvalue weighted by molar-refractivity contribution is 7.13. The zero-order valence-electron chi connectivity index (χ0n) is 12.4. The molecule has 0 fully saturated rings. The van der Waals surface area contributed by atoms with Crippen LogP contribution >= 0.6 is 22.9 Å². The van der Waals surface area contributed by atoms with E-state index in [9.17, 15) is 0 Å². The van der Waals surface area contributed by atoms with E-state index in [4.69, 9.17) is 4.98 Å². The van der Waals surface area contributed by atoms with E-state index in [1.54, 1.807) is 11.3 Å². The lowest BCUT2D eigenvalue weighted by Crippen LogP contribution is -1.82. The standard InChI is InChI=1S/C18H13N3S2/c1-12-2-4-13(5-3-12)16-10-22-18(19-16)15-8-6-14(7-9-15)17-11-23-21-20-17/h2-11H,1H3. The van der Waals surface area contributed by atoms with Crippen LogP contribution in [0.15, 0.2) is 59.3 Å². The van der Waals surface area contributed by atoms with Crippen molar-refractivity contribution in [1.82, 2.24) is 14.6 Å². The van der Waals surface area contributed by atoms with E-state index >= 15 is 0 Å². The lowest BCUT2D eigenvalue weighted by molar-refractivity contribution is 1.16. The highest BCUT2D eigenvalue weighted by atomic mass is 32.1. The third-order valence-electron chi connectivity index (χ3n) is 3.64. The summed E-state index contributed by atoms with van der Waals surface area (Å²) in [6, 6.07) is 16.8. The molecule has 2 aromatic heterocycles. The first-order valence-corrected chi connectivity index (χ1v) is 8.92. The average molecular weight is 335 g/mol. The van der Waals surface area contributed by atoms with Crippen LogP contribution in [0.2, 0.25) is 0 Å². The van der Waals surface area contributed by atoms with Crippen LogP contribution < -0.4 is 0 Å². The van der Waals surface area contributed by atoms with Crippen molar-refractivity contribution in [1.29, 1.82) is 0 Å². The van der Waals surface area contributed by atoms with Crippen molar-refractivity contribution in [3.05, 3.63) is 64.9 Å². The SMILES string of the molecule is Cc1ccc(-c2csc(-c3ccc(-c4csnn4)cc3)n2)cc1. The molecule has 0 aliphatic rings. The van der Waals surface area contributed by atoms with Crippen molar-refractivity contribution >= 4 is 22.9 Å². The first-order valence-electron chi connectivity index (χ1n) is 7.20. The van der Waals surface area contributed by atoms with E-state index in [2.05, 4.69) is 70.4 Å². The Morgan fingerprint density at radius 1 is 0.739 bits per heavy atom. The maximum Gasteiger partial charge on any atom is 0.124 e. The van der Waals surface area contributed by atoms with Gasteiger partial charge in [0.1, 0.15) is 10.7 Å². The second kappa shape index (κ2) is 6.02. The number of nitrogens with zero attached hydrogens (tertiary/aromatic N) is 3. The Labute approximate surface area is 142 Å². The molecule has 0 aliphatic carbocycles. The summed E-state index contributed by atoms with van der Waals surface area (Å²) in [4.78, 5) is 4.77. The lowest BCUT2D eigenvalue weighted by atomic mass is 10.1. The molecule has 0 unspecified atom stereocenters. The van der Waals surface area contributed by atoms with Crippen molar-refractivity contribution < 1.29 is 0 Å². The molecule has 112 valence electrons. The zero-order valence-corrected chi connectivity index (χ0v) is 14.1. The molecule has 0 atom stereocenters. The van der Waals surface area contributed by atoms with Gasteiger partial charge in [0, 0.05) is 27.5 Å². The largest absolute Gasteiger partial charge is 0.236 e. The molecule has 3 nitrogen and oxygen atoms in total. The summed E-state index contributed by atoms with van der Waals surface area (Å²) in [7, 11) is 0. The summed E-state index contributed by atoms with van der Waals surface area (Å²) < 4.78 is 3.90. The maximum absolute atomic E-state index is 4.77. The van der Waals surface area contributed by atoms with Crippen molar-refractivity contribution in [2.45, 2.75) is 6.92 Å². The number of thiazole rings is 1. The Hall–Kier alpha value is -2.37. The highest BCUT2D eigenvalue weighted by Gasteiger charge is 2.08. The van der Waals surface area contributed by atoms with Gasteiger partial charge < -0.3 is 0 Å². The van der Waals surface area contributed by atoms with E-state index < -0.39 is 0 Å². The van der Waals surface area contributed by atoms with Gasteiger partial charge in [-0.25, -0.2) is 4.98 Å².